The molecule has 2 rings (SSSR count). The normalized spacial score (nSPS) is 16.2. The van der Waals surface area contributed by atoms with E-state index in [2.05, 4.69) is 12.2 Å². The van der Waals surface area contributed by atoms with Crippen molar-refractivity contribution in [2.75, 3.05) is 25.0 Å². The molecule has 0 aliphatic carbocycles. The second-order valence-electron chi connectivity index (χ2n) is 5.63. The molecular weight excluding hydrogens is 271 g/mol. The van der Waals surface area contributed by atoms with E-state index in [4.69, 9.17) is 0 Å². The molecule has 0 bridgehead atoms. The third-order valence-electron chi connectivity index (χ3n) is 3.91. The van der Waals surface area contributed by atoms with Crippen LogP contribution in [0.5, 0.6) is 0 Å². The van der Waals surface area contributed by atoms with Gasteiger partial charge in [-0.15, -0.1) is 0 Å². The summed E-state index contributed by atoms with van der Waals surface area (Å²) in [5.74, 6) is -0.393. The lowest BCUT2D eigenvalue weighted by atomic mass is 9.92. The lowest BCUT2D eigenvalue weighted by Crippen LogP contribution is -2.45. The number of carbonyl (C=O) groups excluding carboxylic acids is 2. The van der Waals surface area contributed by atoms with Crippen LogP contribution in [-0.2, 0) is 9.59 Å². The number of benzene rings is 1. The van der Waals surface area contributed by atoms with Crippen LogP contribution in [0.2, 0.25) is 0 Å². The molecule has 1 fully saturated rings. The van der Waals surface area contributed by atoms with Crippen LogP contribution in [0.3, 0.4) is 0 Å². The first kappa shape index (κ1) is 15.5. The number of hydrogen-bond donors (Lipinski definition) is 1. The van der Waals surface area contributed by atoms with Crippen LogP contribution >= 0.6 is 0 Å². The molecule has 1 N–H and O–H groups in total. The van der Waals surface area contributed by atoms with Gasteiger partial charge in [-0.1, -0.05) is 13.0 Å². The summed E-state index contributed by atoms with van der Waals surface area (Å²) in [7, 11) is 1.54. The monoisotopic (exact) mass is 292 g/mol. The summed E-state index contributed by atoms with van der Waals surface area (Å²) in [6.45, 7) is 3.85. The van der Waals surface area contributed by atoms with E-state index in [1.54, 1.807) is 19.2 Å². The van der Waals surface area contributed by atoms with Crippen molar-refractivity contribution in [1.29, 1.82) is 0 Å². The fraction of sp³-hybridized carbons (Fsp3) is 0.500. The average Bonchev–Trinajstić information content (AvgIpc) is 2.44. The maximum atomic E-state index is 14.3. The van der Waals surface area contributed by atoms with Crippen LogP contribution in [0.25, 0.3) is 0 Å². The lowest BCUT2D eigenvalue weighted by molar-refractivity contribution is -0.122. The fourth-order valence-electron chi connectivity index (χ4n) is 2.75. The van der Waals surface area contributed by atoms with Crippen molar-refractivity contribution in [2.24, 2.45) is 5.92 Å². The van der Waals surface area contributed by atoms with E-state index in [1.165, 1.54) is 6.07 Å². The van der Waals surface area contributed by atoms with Gasteiger partial charge in [0.2, 0.25) is 5.91 Å². The highest BCUT2D eigenvalue weighted by Crippen LogP contribution is 2.30. The van der Waals surface area contributed by atoms with Gasteiger partial charge < -0.3 is 15.0 Å². The Morgan fingerprint density at radius 1 is 1.52 bits per heavy atom. The molecule has 1 atom stereocenters. The SMILES string of the molecule is CNC(=O)C(CCC=O)c1ccc(N2CC(C)C2)c(F)c1. The summed E-state index contributed by atoms with van der Waals surface area (Å²) in [5.41, 5.74) is 1.20. The topological polar surface area (TPSA) is 49.4 Å². The summed E-state index contributed by atoms with van der Waals surface area (Å²) in [5, 5.41) is 2.57. The third-order valence-corrected chi connectivity index (χ3v) is 3.91. The fourth-order valence-corrected chi connectivity index (χ4v) is 2.75. The maximum absolute atomic E-state index is 14.3. The number of carbonyl (C=O) groups is 2. The molecule has 0 radical (unpaired) electrons. The standard InChI is InChI=1S/C16H21FN2O2/c1-11-9-19(10-11)15-6-5-12(8-14(15)17)13(4-3-7-20)16(21)18-2/h5-8,11,13H,3-4,9-10H2,1-2H3,(H,18,21). The molecule has 1 aliphatic rings. The minimum Gasteiger partial charge on any atom is -0.369 e. The van der Waals surface area contributed by atoms with Crippen LogP contribution < -0.4 is 10.2 Å². The van der Waals surface area contributed by atoms with E-state index >= 15 is 0 Å². The van der Waals surface area contributed by atoms with E-state index in [0.717, 1.165) is 19.4 Å². The number of anilines is 1. The number of nitrogens with one attached hydrogen (secondary N) is 1. The zero-order valence-corrected chi connectivity index (χ0v) is 12.4. The number of aldehydes is 1. The predicted octanol–water partition coefficient (Wildman–Crippen LogP) is 2.09. The van der Waals surface area contributed by atoms with Gasteiger partial charge in [0.05, 0.1) is 11.6 Å². The van der Waals surface area contributed by atoms with Crippen molar-refractivity contribution < 1.29 is 14.0 Å². The highest BCUT2D eigenvalue weighted by molar-refractivity contribution is 5.83. The Balaban J connectivity index is 2.19. The minimum absolute atomic E-state index is 0.193. The molecule has 1 heterocycles. The molecule has 5 heteroatoms. The zero-order chi connectivity index (χ0) is 15.4. The van der Waals surface area contributed by atoms with Gasteiger partial charge in [-0.2, -0.15) is 0 Å². The molecule has 1 aliphatic heterocycles. The summed E-state index contributed by atoms with van der Waals surface area (Å²) >= 11 is 0. The van der Waals surface area contributed by atoms with Crippen molar-refractivity contribution >= 4 is 17.9 Å². The summed E-state index contributed by atoms with van der Waals surface area (Å²) in [4.78, 5) is 24.4. The third kappa shape index (κ3) is 3.40. The second-order valence-corrected chi connectivity index (χ2v) is 5.63. The van der Waals surface area contributed by atoms with Gasteiger partial charge in [0.25, 0.3) is 0 Å². The molecule has 1 aromatic carbocycles. The quantitative estimate of drug-likeness (QED) is 0.817. The molecular formula is C16H21FN2O2. The van der Waals surface area contributed by atoms with Crippen LogP contribution in [0.15, 0.2) is 18.2 Å². The molecule has 1 unspecified atom stereocenters. The highest BCUT2D eigenvalue weighted by Gasteiger charge is 2.26. The number of halogens is 1. The summed E-state index contributed by atoms with van der Waals surface area (Å²) in [6.07, 6.45) is 1.45. The molecule has 0 spiro atoms. The first-order valence-electron chi connectivity index (χ1n) is 7.26. The number of amides is 1. The van der Waals surface area contributed by atoms with Gasteiger partial charge >= 0.3 is 0 Å². The van der Waals surface area contributed by atoms with Crippen LogP contribution in [0.1, 0.15) is 31.2 Å². The number of nitrogens with zero attached hydrogens (tertiary/aromatic N) is 1. The van der Waals surface area contributed by atoms with Gasteiger partial charge in [0, 0.05) is 26.6 Å². The Morgan fingerprint density at radius 3 is 2.76 bits per heavy atom. The Hall–Kier alpha value is -1.91. The van der Waals surface area contributed by atoms with Gasteiger partial charge in [0.15, 0.2) is 0 Å². The molecule has 1 aromatic rings. The van der Waals surface area contributed by atoms with Crippen LogP contribution in [-0.4, -0.2) is 32.3 Å². The Bertz CT molecular complexity index is 527. The van der Waals surface area contributed by atoms with E-state index in [9.17, 15) is 14.0 Å². The molecule has 4 nitrogen and oxygen atoms in total. The van der Waals surface area contributed by atoms with Gasteiger partial charge in [-0.3, -0.25) is 4.79 Å². The van der Waals surface area contributed by atoms with E-state index < -0.39 is 5.92 Å². The summed E-state index contributed by atoms with van der Waals surface area (Å²) in [6, 6.07) is 4.93. The van der Waals surface area contributed by atoms with Crippen molar-refractivity contribution in [1.82, 2.24) is 5.32 Å². The number of rotatable bonds is 6. The predicted molar refractivity (Wildman–Crippen MR) is 79.9 cm³/mol. The van der Waals surface area contributed by atoms with E-state index in [-0.39, 0.29) is 18.1 Å². The van der Waals surface area contributed by atoms with Crippen LogP contribution in [0, 0.1) is 11.7 Å². The summed E-state index contributed by atoms with van der Waals surface area (Å²) < 4.78 is 14.3. The molecule has 21 heavy (non-hydrogen) atoms. The van der Waals surface area contributed by atoms with Gasteiger partial charge in [0.1, 0.15) is 12.1 Å². The van der Waals surface area contributed by atoms with Crippen LogP contribution in [0.4, 0.5) is 10.1 Å². The Labute approximate surface area is 124 Å². The largest absolute Gasteiger partial charge is 0.369 e. The van der Waals surface area contributed by atoms with E-state index in [1.807, 2.05) is 4.90 Å². The lowest BCUT2D eigenvalue weighted by Gasteiger charge is -2.39. The highest BCUT2D eigenvalue weighted by atomic mass is 19.1. The van der Waals surface area contributed by atoms with Crippen molar-refractivity contribution in [2.45, 2.75) is 25.7 Å². The molecule has 0 saturated carbocycles. The van der Waals surface area contributed by atoms with Crippen molar-refractivity contribution in [3.8, 4) is 0 Å². The Kier molecular flexibility index (Phi) is 4.94. The zero-order valence-electron chi connectivity index (χ0n) is 12.4. The van der Waals surface area contributed by atoms with E-state index in [0.29, 0.717) is 23.6 Å². The molecule has 1 amide bonds. The average molecular weight is 292 g/mol. The number of hydrogen-bond acceptors (Lipinski definition) is 3. The second kappa shape index (κ2) is 6.70. The van der Waals surface area contributed by atoms with Gasteiger partial charge in [-0.25, -0.2) is 4.39 Å². The number of likely N-dealkylation sites (N-methyl/N-ethyl adjacent to an activating group) is 1. The minimum atomic E-state index is -0.487. The molecule has 114 valence electrons. The molecule has 0 aromatic heterocycles. The first-order chi connectivity index (χ1) is 10.1. The first-order valence-corrected chi connectivity index (χ1v) is 7.26. The van der Waals surface area contributed by atoms with Gasteiger partial charge in [-0.05, 0) is 30.0 Å². The maximum Gasteiger partial charge on any atom is 0.227 e. The van der Waals surface area contributed by atoms with Crippen molar-refractivity contribution in [3.05, 3.63) is 29.6 Å². The smallest absolute Gasteiger partial charge is 0.227 e. The molecule has 1 saturated heterocycles. The van der Waals surface area contributed by atoms with Crippen molar-refractivity contribution in [3.63, 3.8) is 0 Å². The Morgan fingerprint density at radius 2 is 2.24 bits per heavy atom.